The van der Waals surface area contributed by atoms with Crippen LogP contribution in [-0.2, 0) is 0 Å². The van der Waals surface area contributed by atoms with Crippen molar-refractivity contribution >= 4 is 21.8 Å². The highest BCUT2D eigenvalue weighted by molar-refractivity contribution is 6.10. The highest BCUT2D eigenvalue weighted by Crippen LogP contribution is 2.41. The summed E-state index contributed by atoms with van der Waals surface area (Å²) >= 11 is 0. The second-order valence-corrected chi connectivity index (χ2v) is 14.6. The molecule has 0 aliphatic carbocycles. The quantitative estimate of drug-likeness (QED) is 0.154. The molecule has 0 unspecified atom stereocenters. The molecule has 0 amide bonds. The smallest absolute Gasteiger partial charge is 0.166 e. The monoisotopic (exact) mass is 786 g/mol. The molecule has 4 nitrogen and oxygen atoms in total. The van der Waals surface area contributed by atoms with Gasteiger partial charge in [0.1, 0.15) is 0 Å². The van der Waals surface area contributed by atoms with Crippen LogP contribution < -0.4 is 0 Å². The molecule has 2 heterocycles. The second kappa shape index (κ2) is 15.5. The molecule has 0 saturated heterocycles. The Balaban J connectivity index is 1.19. The molecule has 2 aromatic heterocycles. The Morgan fingerprint density at radius 1 is 0.311 bits per heavy atom. The molecule has 0 spiro atoms. The fraction of sp³-hybridized carbons (Fsp3) is 0. The lowest BCUT2D eigenvalue weighted by molar-refractivity contribution is 1.06. The van der Waals surface area contributed by atoms with Crippen LogP contribution in [0.2, 0.25) is 0 Å². The zero-order chi connectivity index (χ0) is 47.5. The molecular weight excluding hydrogens is 741 g/mol. The van der Waals surface area contributed by atoms with Crippen molar-refractivity contribution in [2.24, 2.45) is 0 Å². The van der Waals surface area contributed by atoms with E-state index in [0.29, 0.717) is 28.5 Å². The summed E-state index contributed by atoms with van der Waals surface area (Å²) in [5.74, 6) is 0.984. The fourth-order valence-electron chi connectivity index (χ4n) is 7.97. The van der Waals surface area contributed by atoms with Crippen LogP contribution in [0, 0.1) is 0 Å². The minimum Gasteiger partial charge on any atom is -0.308 e. The molecule has 11 rings (SSSR count). The van der Waals surface area contributed by atoms with E-state index in [1.54, 1.807) is 6.07 Å². The van der Waals surface area contributed by atoms with Gasteiger partial charge in [-0.25, -0.2) is 15.0 Å². The molecule has 9 aromatic carbocycles. The molecule has 4 heteroatoms. The highest BCUT2D eigenvalue weighted by atomic mass is 15.1. The molecule has 0 fully saturated rings. The van der Waals surface area contributed by atoms with Crippen LogP contribution in [0.4, 0.5) is 0 Å². The van der Waals surface area contributed by atoms with Gasteiger partial charge in [-0.15, -0.1) is 0 Å². The van der Waals surface area contributed by atoms with Crippen molar-refractivity contribution in [3.8, 4) is 84.4 Å². The van der Waals surface area contributed by atoms with Crippen molar-refractivity contribution in [3.63, 3.8) is 0 Å². The molecule has 0 atom stereocenters. The predicted molar refractivity (Wildman–Crippen MR) is 252 cm³/mol. The maximum Gasteiger partial charge on any atom is 0.166 e. The number of aromatic nitrogens is 4. The van der Waals surface area contributed by atoms with E-state index in [-0.39, 0.29) is 27.6 Å². The third kappa shape index (κ3) is 6.76. The molecule has 0 N–H and O–H groups in total. The Kier molecular flexibility index (Phi) is 7.19. The van der Waals surface area contributed by atoms with Crippen molar-refractivity contribution in [3.05, 3.63) is 230 Å². The number of rotatable bonds is 8. The topological polar surface area (TPSA) is 43.6 Å². The summed E-state index contributed by atoms with van der Waals surface area (Å²) < 4.78 is 73.6. The number of nitrogens with zero attached hydrogens (tertiary/aromatic N) is 4. The van der Waals surface area contributed by atoms with E-state index in [9.17, 15) is 2.74 Å². The lowest BCUT2D eigenvalue weighted by Crippen LogP contribution is -2.05. The van der Waals surface area contributed by atoms with Gasteiger partial charge < -0.3 is 4.57 Å². The van der Waals surface area contributed by atoms with E-state index >= 15 is 0 Å². The Morgan fingerprint density at radius 3 is 1.15 bits per heavy atom. The molecule has 61 heavy (non-hydrogen) atoms. The zero-order valence-corrected chi connectivity index (χ0v) is 32.6. The van der Waals surface area contributed by atoms with E-state index in [4.69, 9.17) is 23.2 Å². The van der Waals surface area contributed by atoms with Crippen LogP contribution >= 0.6 is 0 Å². The fourth-order valence-corrected chi connectivity index (χ4v) is 7.97. The minimum absolute atomic E-state index is 0.00948. The molecule has 11 aromatic rings. The summed E-state index contributed by atoms with van der Waals surface area (Å²) in [5, 5.41) is -0.0522. The average molecular weight is 787 g/mol. The summed E-state index contributed by atoms with van der Waals surface area (Å²) in [4.78, 5) is 15.4. The normalized spacial score (nSPS) is 13.1. The van der Waals surface area contributed by atoms with Crippen LogP contribution in [0.5, 0.6) is 0 Å². The first-order chi connectivity index (χ1) is 33.6. The first-order valence-electron chi connectivity index (χ1n) is 24.0. The average Bonchev–Trinajstić information content (AvgIpc) is 3.78. The summed E-state index contributed by atoms with van der Waals surface area (Å²) in [7, 11) is 0. The molecule has 286 valence electrons. The van der Waals surface area contributed by atoms with Gasteiger partial charge >= 0.3 is 0 Å². The van der Waals surface area contributed by atoms with Crippen LogP contribution in [0.1, 0.15) is 11.0 Å². The van der Waals surface area contributed by atoms with Gasteiger partial charge in [-0.2, -0.15) is 0 Å². The molecule has 0 bridgehead atoms. The van der Waals surface area contributed by atoms with Crippen molar-refractivity contribution in [1.82, 2.24) is 19.5 Å². The highest BCUT2D eigenvalue weighted by Gasteiger charge is 2.23. The van der Waals surface area contributed by atoms with Gasteiger partial charge in [0.2, 0.25) is 0 Å². The van der Waals surface area contributed by atoms with Gasteiger partial charge in [0.25, 0.3) is 0 Å². The summed E-state index contributed by atoms with van der Waals surface area (Å²) in [6, 6.07) is 56.1. The van der Waals surface area contributed by atoms with Gasteiger partial charge in [0.05, 0.1) is 33.3 Å². The first-order valence-corrected chi connectivity index (χ1v) is 20.0. The second-order valence-electron chi connectivity index (χ2n) is 14.6. The van der Waals surface area contributed by atoms with Crippen molar-refractivity contribution in [2.45, 2.75) is 0 Å². The number of benzene rings is 9. The summed E-state index contributed by atoms with van der Waals surface area (Å²) in [6.07, 6.45) is 0. The molecule has 0 saturated carbocycles. The number of fused-ring (bicyclic) bond motifs is 3. The maximum atomic E-state index is 9.36. The third-order valence-corrected chi connectivity index (χ3v) is 11.0. The van der Waals surface area contributed by atoms with Gasteiger partial charge in [-0.1, -0.05) is 212 Å². The summed E-state index contributed by atoms with van der Waals surface area (Å²) in [5.41, 5.74) is 9.95. The van der Waals surface area contributed by atoms with E-state index in [2.05, 4.69) is 36.4 Å². The van der Waals surface area contributed by atoms with E-state index < -0.39 is 48.3 Å². The van der Waals surface area contributed by atoms with Crippen LogP contribution in [0.25, 0.3) is 106 Å². The first kappa shape index (κ1) is 28.3. The SMILES string of the molecule is [2H]c1c([2H])c([2H])c2c(c1[2H])c1c([2H])c([2H])c([2H])c([2H])c1n2-c1cccc(-c2ccc(-c3ccc(-c4ccccc4)cc3)cc2)c1-c1nc(-c2ccccc2)nc(-c2ccc(-c3ccccc3)cc2)n1. The van der Waals surface area contributed by atoms with Crippen molar-refractivity contribution in [1.29, 1.82) is 0 Å². The summed E-state index contributed by atoms with van der Waals surface area (Å²) in [6.45, 7) is 0. The van der Waals surface area contributed by atoms with Gasteiger partial charge in [-0.3, -0.25) is 0 Å². The van der Waals surface area contributed by atoms with Crippen LogP contribution in [0.15, 0.2) is 230 Å². The Bertz CT molecular complexity index is 3690. The Labute approximate surface area is 366 Å². The standard InChI is InChI=1S/C57H38N4/c1-4-15-39(16-5-1)41-27-29-43(30-28-41)44-31-35-45(36-32-44)48-23-14-26-53(61-51-24-12-10-21-49(51)50-22-11-13-25-52(50)61)54(48)57-59-55(46-19-8-3-9-20-46)58-56(60-57)47-37-33-42(34-38-47)40-17-6-2-7-18-40/h1-38H/i10D,11D,12D,13D,21D,22D,24D,25D. The van der Waals surface area contributed by atoms with Gasteiger partial charge in [-0.05, 0) is 62.7 Å². The Hall–Kier alpha value is -8.21. The number of hydrogen-bond donors (Lipinski definition) is 0. The van der Waals surface area contributed by atoms with E-state index in [1.807, 2.05) is 140 Å². The number of hydrogen-bond acceptors (Lipinski definition) is 3. The molecular formula is C57H38N4. The van der Waals surface area contributed by atoms with E-state index in [0.717, 1.165) is 50.1 Å². The molecule has 0 aliphatic rings. The van der Waals surface area contributed by atoms with Crippen molar-refractivity contribution < 1.29 is 11.0 Å². The maximum absolute atomic E-state index is 9.36. The lowest BCUT2D eigenvalue weighted by Gasteiger charge is -2.18. The zero-order valence-electron chi connectivity index (χ0n) is 40.6. The van der Waals surface area contributed by atoms with Gasteiger partial charge in [0, 0.05) is 21.9 Å². The number of para-hydroxylation sites is 2. The predicted octanol–water partition coefficient (Wildman–Crippen LogP) is 14.6. The Morgan fingerprint density at radius 2 is 0.672 bits per heavy atom. The molecule has 0 radical (unpaired) electrons. The largest absolute Gasteiger partial charge is 0.308 e. The van der Waals surface area contributed by atoms with Crippen LogP contribution in [-0.4, -0.2) is 19.5 Å². The molecule has 0 aliphatic heterocycles. The van der Waals surface area contributed by atoms with Crippen molar-refractivity contribution in [2.75, 3.05) is 0 Å². The van der Waals surface area contributed by atoms with E-state index in [1.165, 1.54) is 4.57 Å². The minimum atomic E-state index is -0.518. The lowest BCUT2D eigenvalue weighted by atomic mass is 9.94. The van der Waals surface area contributed by atoms with Gasteiger partial charge in [0.15, 0.2) is 17.5 Å². The van der Waals surface area contributed by atoms with Crippen LogP contribution in [0.3, 0.4) is 0 Å². The third-order valence-electron chi connectivity index (χ3n) is 11.0.